The fraction of sp³-hybridized carbons (Fsp3) is 0.233. The van der Waals surface area contributed by atoms with Gasteiger partial charge in [0.25, 0.3) is 0 Å². The van der Waals surface area contributed by atoms with Gasteiger partial charge in [-0.2, -0.15) is 0 Å². The van der Waals surface area contributed by atoms with Crippen molar-refractivity contribution in [2.45, 2.75) is 46.2 Å². The molecule has 1 aliphatic carbocycles. The van der Waals surface area contributed by atoms with E-state index in [2.05, 4.69) is 72.8 Å². The van der Waals surface area contributed by atoms with Crippen LogP contribution in [0.15, 0.2) is 82.8 Å². The van der Waals surface area contributed by atoms with Gasteiger partial charge in [0.15, 0.2) is 0 Å². The molecule has 0 radical (unpaired) electrons. The summed E-state index contributed by atoms with van der Waals surface area (Å²) >= 11 is -0.296. The zero-order valence-corrected chi connectivity index (χ0v) is 23.7. The number of nitrogens with zero attached hydrogens (tertiary/aromatic N) is 4. The summed E-state index contributed by atoms with van der Waals surface area (Å²) in [6.45, 7) is 10.0. The van der Waals surface area contributed by atoms with Gasteiger partial charge in [0.05, 0.1) is 0 Å². The molecular weight excluding hydrogens is 541 g/mol. The minimum absolute atomic E-state index is 0.0478. The van der Waals surface area contributed by atoms with Crippen LogP contribution in [0.3, 0.4) is 0 Å². The molecule has 5 rings (SSSR count). The van der Waals surface area contributed by atoms with E-state index in [-0.39, 0.29) is 38.1 Å². The van der Waals surface area contributed by atoms with Crippen molar-refractivity contribution in [1.29, 1.82) is 0 Å². The average Bonchev–Trinajstić information content (AvgIpc) is 3.40. The normalized spacial score (nSPS) is 14.4. The Hall–Kier alpha value is -3.87. The van der Waals surface area contributed by atoms with E-state index in [4.69, 9.17) is 0 Å². The predicted octanol–water partition coefficient (Wildman–Crippen LogP) is 4.62. The van der Waals surface area contributed by atoms with Crippen LogP contribution < -0.4 is 9.78 Å². The molecule has 0 saturated heterocycles. The molecule has 1 atom stereocenters. The Morgan fingerprint density at radius 3 is 2.11 bits per heavy atom. The monoisotopic (exact) mass is 571 g/mol. The summed E-state index contributed by atoms with van der Waals surface area (Å²) in [6.07, 6.45) is 0. The number of rotatable bonds is 6. The van der Waals surface area contributed by atoms with E-state index in [1.54, 1.807) is 31.2 Å². The van der Waals surface area contributed by atoms with Crippen molar-refractivity contribution in [2.75, 3.05) is 5.32 Å². The first-order valence-corrected chi connectivity index (χ1v) is 14.1. The van der Waals surface area contributed by atoms with Gasteiger partial charge >= 0.3 is 229 Å². The SMILES string of the molecule is CC1=C([Se]c2ccc(NC(c3ccc(C)cc3)c3nnnn3C(C)(C)C)cc2)C(=O)c2ccccc2C1=O. The zero-order valence-electron chi connectivity index (χ0n) is 22.0. The van der Waals surface area contributed by atoms with Crippen LogP contribution in [0, 0.1) is 6.92 Å². The summed E-state index contributed by atoms with van der Waals surface area (Å²) in [5, 5.41) is 16.2. The number of carbonyl (C=O) groups is 2. The standard InChI is InChI=1S/C30H29N5O2Se/c1-18-10-12-20(13-11-18)25(29-32-33-34-35(29)30(3,4)5)31-21-14-16-22(17-15-21)38-28-19(2)26(36)23-8-6-7-9-24(23)27(28)37/h6-17,25,31H,1-5H3. The van der Waals surface area contributed by atoms with Crippen LogP contribution in [-0.4, -0.2) is 46.7 Å². The number of fused-ring (bicyclic) bond motifs is 1. The van der Waals surface area contributed by atoms with Gasteiger partial charge in [-0.1, -0.05) is 0 Å². The van der Waals surface area contributed by atoms with E-state index < -0.39 is 0 Å². The summed E-state index contributed by atoms with van der Waals surface area (Å²) in [5.41, 5.74) is 4.38. The Kier molecular flexibility index (Phi) is 6.86. The minimum atomic E-state index is -0.296. The van der Waals surface area contributed by atoms with Crippen molar-refractivity contribution >= 4 is 36.7 Å². The summed E-state index contributed by atoms with van der Waals surface area (Å²) < 4.78 is 3.48. The zero-order chi connectivity index (χ0) is 27.0. The number of tetrazole rings is 1. The van der Waals surface area contributed by atoms with E-state index >= 15 is 0 Å². The van der Waals surface area contributed by atoms with Crippen LogP contribution in [0.25, 0.3) is 0 Å². The van der Waals surface area contributed by atoms with Crippen LogP contribution in [0.5, 0.6) is 0 Å². The van der Waals surface area contributed by atoms with Gasteiger partial charge in [0.2, 0.25) is 0 Å². The third kappa shape index (κ3) is 4.97. The Morgan fingerprint density at radius 1 is 0.842 bits per heavy atom. The molecule has 1 N–H and O–H groups in total. The number of ketones is 2. The average molecular weight is 571 g/mol. The molecule has 1 aromatic heterocycles. The van der Waals surface area contributed by atoms with Crippen molar-refractivity contribution in [2.24, 2.45) is 0 Å². The van der Waals surface area contributed by atoms with Crippen molar-refractivity contribution in [3.8, 4) is 0 Å². The first-order chi connectivity index (χ1) is 18.1. The molecule has 1 aliphatic rings. The molecule has 4 aromatic rings. The second-order valence-electron chi connectivity index (χ2n) is 10.4. The van der Waals surface area contributed by atoms with Gasteiger partial charge in [-0.05, 0) is 0 Å². The molecule has 1 unspecified atom stereocenters. The second-order valence-corrected chi connectivity index (χ2v) is 12.7. The topological polar surface area (TPSA) is 89.8 Å². The second kappa shape index (κ2) is 10.1. The number of nitrogens with one attached hydrogen (secondary N) is 1. The van der Waals surface area contributed by atoms with Crippen molar-refractivity contribution in [3.63, 3.8) is 0 Å². The number of aryl methyl sites for hydroxylation is 1. The molecule has 0 fully saturated rings. The van der Waals surface area contributed by atoms with E-state index in [0.29, 0.717) is 21.2 Å². The quantitative estimate of drug-likeness (QED) is 0.341. The maximum absolute atomic E-state index is 13.2. The molecule has 38 heavy (non-hydrogen) atoms. The molecule has 1 heterocycles. The van der Waals surface area contributed by atoms with E-state index in [1.807, 2.05) is 28.9 Å². The van der Waals surface area contributed by atoms with Crippen LogP contribution in [0.4, 0.5) is 5.69 Å². The van der Waals surface area contributed by atoms with Crippen molar-refractivity contribution in [3.05, 3.63) is 111 Å². The van der Waals surface area contributed by atoms with Gasteiger partial charge in [0.1, 0.15) is 0 Å². The molecule has 0 aliphatic heterocycles. The molecule has 3 aromatic carbocycles. The van der Waals surface area contributed by atoms with Crippen molar-refractivity contribution < 1.29 is 9.59 Å². The van der Waals surface area contributed by atoms with Crippen LogP contribution in [0.2, 0.25) is 0 Å². The molecule has 0 saturated carbocycles. The van der Waals surface area contributed by atoms with Crippen molar-refractivity contribution in [1.82, 2.24) is 20.2 Å². The summed E-state index contributed by atoms with van der Waals surface area (Å²) in [6, 6.07) is 23.2. The molecule has 0 spiro atoms. The van der Waals surface area contributed by atoms with E-state index in [9.17, 15) is 9.59 Å². The molecule has 192 valence electrons. The number of aromatic nitrogens is 4. The maximum atomic E-state index is 13.2. The Morgan fingerprint density at radius 2 is 1.47 bits per heavy atom. The molecular formula is C30H29N5O2Se. The Labute approximate surface area is 228 Å². The van der Waals surface area contributed by atoms with Gasteiger partial charge < -0.3 is 0 Å². The number of anilines is 1. The predicted molar refractivity (Wildman–Crippen MR) is 149 cm³/mol. The van der Waals surface area contributed by atoms with Crippen LogP contribution >= 0.6 is 0 Å². The summed E-state index contributed by atoms with van der Waals surface area (Å²) in [4.78, 5) is 26.1. The van der Waals surface area contributed by atoms with Gasteiger partial charge in [-0.3, -0.25) is 0 Å². The third-order valence-corrected chi connectivity index (χ3v) is 9.01. The van der Waals surface area contributed by atoms with E-state index in [1.165, 1.54) is 5.56 Å². The third-order valence-electron chi connectivity index (χ3n) is 6.49. The van der Waals surface area contributed by atoms with E-state index in [0.717, 1.165) is 21.5 Å². The first kappa shape index (κ1) is 25.8. The fourth-order valence-electron chi connectivity index (χ4n) is 4.41. The Bertz CT molecular complexity index is 1550. The number of hydrogen-bond donors (Lipinski definition) is 1. The number of Topliss-reactive ketones (excluding diaryl/α,β-unsaturated/α-hetero) is 2. The number of allylic oxidation sites excluding steroid dienone is 2. The molecule has 7 nitrogen and oxygen atoms in total. The van der Waals surface area contributed by atoms with Crippen LogP contribution in [0.1, 0.15) is 71.4 Å². The Balaban J connectivity index is 1.42. The number of hydrogen-bond acceptors (Lipinski definition) is 6. The van der Waals surface area contributed by atoms with Gasteiger partial charge in [-0.15, -0.1) is 0 Å². The molecule has 0 amide bonds. The summed E-state index contributed by atoms with van der Waals surface area (Å²) in [5.74, 6) is 0.613. The van der Waals surface area contributed by atoms with Gasteiger partial charge in [0, 0.05) is 0 Å². The molecule has 0 bridgehead atoms. The van der Waals surface area contributed by atoms with Gasteiger partial charge in [-0.25, -0.2) is 0 Å². The van der Waals surface area contributed by atoms with Crippen LogP contribution in [-0.2, 0) is 5.54 Å². The first-order valence-electron chi connectivity index (χ1n) is 12.4. The summed E-state index contributed by atoms with van der Waals surface area (Å²) in [7, 11) is 0. The number of carbonyl (C=O) groups excluding carboxylic acids is 2. The fourth-order valence-corrected chi connectivity index (χ4v) is 6.42. The number of benzene rings is 3. The molecule has 8 heteroatoms.